The average Bonchev–Trinajstić information content (AvgIpc) is 3.05. The number of nitrogens with zero attached hydrogens (tertiary/aromatic N) is 2. The molecule has 2 unspecified atom stereocenters. The highest BCUT2D eigenvalue weighted by Gasteiger charge is 2.39. The van der Waals surface area contributed by atoms with Crippen LogP contribution < -0.4 is 19.7 Å². The highest BCUT2D eigenvalue weighted by Crippen LogP contribution is 2.37. The normalized spacial score (nSPS) is 28.0. The molecule has 0 bridgehead atoms. The van der Waals surface area contributed by atoms with Gasteiger partial charge in [0.25, 0.3) is 0 Å². The van der Waals surface area contributed by atoms with Crippen LogP contribution in [-0.4, -0.2) is 55.2 Å². The van der Waals surface area contributed by atoms with Crippen molar-refractivity contribution < 1.29 is 19.1 Å². The third-order valence-corrected chi connectivity index (χ3v) is 5.79. The van der Waals surface area contributed by atoms with Crippen molar-refractivity contribution in [2.45, 2.75) is 37.8 Å². The van der Waals surface area contributed by atoms with Crippen molar-refractivity contribution >= 4 is 17.5 Å². The smallest absolute Gasteiger partial charge is 0.231 e. The summed E-state index contributed by atoms with van der Waals surface area (Å²) in [5, 5.41) is 3.16. The average molecular weight is 357 g/mol. The van der Waals surface area contributed by atoms with Gasteiger partial charge in [0.15, 0.2) is 11.5 Å². The summed E-state index contributed by atoms with van der Waals surface area (Å²) in [6.07, 6.45) is 3.86. The maximum absolute atomic E-state index is 12.6. The standard InChI is InChI=1S/C19H23N3O4/c23-18-7-12(19(24)20-13-5-6-21(10-13)14-1-2-14)9-22(18)15-3-4-16-17(8-15)26-11-25-16/h3-4,8,12-14H,1-2,5-7,9-11H2,(H,20,24). The molecule has 3 heterocycles. The van der Waals surface area contributed by atoms with Crippen molar-refractivity contribution in [3.05, 3.63) is 18.2 Å². The monoisotopic (exact) mass is 357 g/mol. The van der Waals surface area contributed by atoms with E-state index in [0.717, 1.165) is 31.2 Å². The molecule has 7 heteroatoms. The van der Waals surface area contributed by atoms with Gasteiger partial charge in [0.1, 0.15) is 0 Å². The van der Waals surface area contributed by atoms with Crippen molar-refractivity contribution in [1.82, 2.24) is 10.2 Å². The second kappa shape index (κ2) is 6.16. The maximum atomic E-state index is 12.6. The second-order valence-corrected chi connectivity index (χ2v) is 7.66. The number of rotatable bonds is 4. The molecule has 3 aliphatic heterocycles. The summed E-state index contributed by atoms with van der Waals surface area (Å²) in [5.41, 5.74) is 0.760. The van der Waals surface area contributed by atoms with Gasteiger partial charge in [-0.05, 0) is 31.4 Å². The van der Waals surface area contributed by atoms with Gasteiger partial charge >= 0.3 is 0 Å². The van der Waals surface area contributed by atoms with E-state index in [1.807, 2.05) is 18.2 Å². The van der Waals surface area contributed by atoms with Gasteiger partial charge in [-0.15, -0.1) is 0 Å². The van der Waals surface area contributed by atoms with Gasteiger partial charge in [0.2, 0.25) is 18.6 Å². The second-order valence-electron chi connectivity index (χ2n) is 7.66. The molecule has 4 aliphatic rings. The summed E-state index contributed by atoms with van der Waals surface area (Å²) < 4.78 is 10.7. The Morgan fingerprint density at radius 2 is 1.96 bits per heavy atom. The van der Waals surface area contributed by atoms with Crippen molar-refractivity contribution in [3.63, 3.8) is 0 Å². The van der Waals surface area contributed by atoms with Crippen LogP contribution in [0, 0.1) is 5.92 Å². The molecule has 138 valence electrons. The fourth-order valence-corrected chi connectivity index (χ4v) is 4.18. The fourth-order valence-electron chi connectivity index (χ4n) is 4.18. The van der Waals surface area contributed by atoms with Crippen molar-refractivity contribution in [1.29, 1.82) is 0 Å². The first-order chi connectivity index (χ1) is 12.7. The van der Waals surface area contributed by atoms with E-state index < -0.39 is 0 Å². The number of hydrogen-bond acceptors (Lipinski definition) is 5. The van der Waals surface area contributed by atoms with Gasteiger partial charge in [-0.2, -0.15) is 0 Å². The summed E-state index contributed by atoms with van der Waals surface area (Å²) in [5.74, 6) is 1.03. The van der Waals surface area contributed by atoms with Gasteiger partial charge in [0.05, 0.1) is 5.92 Å². The minimum Gasteiger partial charge on any atom is -0.454 e. The molecule has 3 fully saturated rings. The Hall–Kier alpha value is -2.28. The Labute approximate surface area is 152 Å². The van der Waals surface area contributed by atoms with Crippen molar-refractivity contribution in [2.24, 2.45) is 5.92 Å². The Kier molecular flexibility index (Phi) is 3.77. The van der Waals surface area contributed by atoms with Crippen LogP contribution in [0.5, 0.6) is 11.5 Å². The molecule has 7 nitrogen and oxygen atoms in total. The molecular formula is C19H23N3O4. The van der Waals surface area contributed by atoms with Gasteiger partial charge in [-0.1, -0.05) is 0 Å². The number of ether oxygens (including phenoxy) is 2. The molecule has 0 spiro atoms. The topological polar surface area (TPSA) is 71.1 Å². The van der Waals surface area contributed by atoms with Gasteiger partial charge in [-0.3, -0.25) is 14.5 Å². The number of carbonyl (C=O) groups excluding carboxylic acids is 2. The Bertz CT molecular complexity index is 748. The largest absolute Gasteiger partial charge is 0.454 e. The number of hydrogen-bond donors (Lipinski definition) is 1. The Balaban J connectivity index is 1.21. The lowest BCUT2D eigenvalue weighted by Crippen LogP contribution is -2.41. The van der Waals surface area contributed by atoms with Crippen LogP contribution in [0.15, 0.2) is 18.2 Å². The van der Waals surface area contributed by atoms with Gasteiger partial charge in [0, 0.05) is 49.9 Å². The minimum absolute atomic E-state index is 0.00393. The molecule has 1 aliphatic carbocycles. The quantitative estimate of drug-likeness (QED) is 0.874. The fraction of sp³-hybridized carbons (Fsp3) is 0.579. The maximum Gasteiger partial charge on any atom is 0.231 e. The van der Waals surface area contributed by atoms with E-state index in [4.69, 9.17) is 9.47 Å². The summed E-state index contributed by atoms with van der Waals surface area (Å²) in [6, 6.07) is 6.43. The van der Waals surface area contributed by atoms with Crippen molar-refractivity contribution in [2.75, 3.05) is 31.3 Å². The SMILES string of the molecule is O=C(NC1CCN(C2CC2)C1)C1CC(=O)N(c2ccc3c(c2)OCO3)C1. The molecule has 1 N–H and O–H groups in total. The lowest BCUT2D eigenvalue weighted by atomic mass is 10.1. The number of fused-ring (bicyclic) bond motifs is 1. The minimum atomic E-state index is -0.289. The van der Waals surface area contributed by atoms with Crippen LogP contribution in [0.4, 0.5) is 5.69 Å². The number of carbonyl (C=O) groups is 2. The summed E-state index contributed by atoms with van der Waals surface area (Å²) in [6.45, 7) is 2.64. The van der Waals surface area contributed by atoms with E-state index in [1.165, 1.54) is 12.8 Å². The molecule has 5 rings (SSSR count). The van der Waals surface area contributed by atoms with E-state index in [9.17, 15) is 9.59 Å². The number of nitrogens with one attached hydrogen (secondary N) is 1. The summed E-state index contributed by atoms with van der Waals surface area (Å²) >= 11 is 0. The summed E-state index contributed by atoms with van der Waals surface area (Å²) in [4.78, 5) is 29.2. The highest BCUT2D eigenvalue weighted by atomic mass is 16.7. The predicted octanol–water partition coefficient (Wildman–Crippen LogP) is 1.12. The first-order valence-corrected chi connectivity index (χ1v) is 9.42. The number of benzene rings is 1. The zero-order valence-corrected chi connectivity index (χ0v) is 14.6. The van der Waals surface area contributed by atoms with Crippen LogP contribution in [0.3, 0.4) is 0 Å². The third kappa shape index (κ3) is 2.90. The highest BCUT2D eigenvalue weighted by molar-refractivity contribution is 6.00. The number of anilines is 1. The van der Waals surface area contributed by atoms with E-state index in [2.05, 4.69) is 10.2 Å². The molecule has 2 amide bonds. The molecular weight excluding hydrogens is 334 g/mol. The van der Waals surface area contributed by atoms with Crippen molar-refractivity contribution in [3.8, 4) is 11.5 Å². The summed E-state index contributed by atoms with van der Waals surface area (Å²) in [7, 11) is 0. The third-order valence-electron chi connectivity index (χ3n) is 5.79. The molecule has 0 radical (unpaired) electrons. The number of likely N-dealkylation sites (tertiary alicyclic amines) is 1. The zero-order chi connectivity index (χ0) is 17.7. The van der Waals surface area contributed by atoms with Crippen LogP contribution in [0.25, 0.3) is 0 Å². The van der Waals surface area contributed by atoms with Crippen LogP contribution in [-0.2, 0) is 9.59 Å². The Morgan fingerprint density at radius 1 is 1.12 bits per heavy atom. The molecule has 0 aromatic heterocycles. The van der Waals surface area contributed by atoms with Crippen LogP contribution >= 0.6 is 0 Å². The lowest BCUT2D eigenvalue weighted by molar-refractivity contribution is -0.126. The number of amides is 2. The van der Waals surface area contributed by atoms with E-state index in [-0.39, 0.29) is 37.0 Å². The Morgan fingerprint density at radius 3 is 2.81 bits per heavy atom. The molecule has 1 saturated carbocycles. The van der Waals surface area contributed by atoms with E-state index in [0.29, 0.717) is 18.0 Å². The van der Waals surface area contributed by atoms with E-state index >= 15 is 0 Å². The van der Waals surface area contributed by atoms with Crippen LogP contribution in [0.2, 0.25) is 0 Å². The molecule has 2 atom stereocenters. The first kappa shape index (κ1) is 15.9. The predicted molar refractivity (Wildman–Crippen MR) is 94.2 cm³/mol. The zero-order valence-electron chi connectivity index (χ0n) is 14.6. The van der Waals surface area contributed by atoms with E-state index in [1.54, 1.807) is 4.90 Å². The lowest BCUT2D eigenvalue weighted by Gasteiger charge is -2.19. The molecule has 26 heavy (non-hydrogen) atoms. The molecule has 2 saturated heterocycles. The molecule has 1 aromatic rings. The van der Waals surface area contributed by atoms with Gasteiger partial charge < -0.3 is 19.7 Å². The van der Waals surface area contributed by atoms with Gasteiger partial charge in [-0.25, -0.2) is 0 Å². The molecule has 1 aromatic carbocycles. The van der Waals surface area contributed by atoms with Crippen LogP contribution in [0.1, 0.15) is 25.7 Å². The first-order valence-electron chi connectivity index (χ1n) is 9.42.